The van der Waals surface area contributed by atoms with Gasteiger partial charge in [-0.2, -0.15) is 4.31 Å². The van der Waals surface area contributed by atoms with E-state index in [1.807, 2.05) is 24.3 Å². The highest BCUT2D eigenvalue weighted by Crippen LogP contribution is 2.14. The Morgan fingerprint density at radius 2 is 1.96 bits per heavy atom. The number of unbranched alkanes of at least 4 members (excludes halogenated alkanes) is 1. The van der Waals surface area contributed by atoms with Gasteiger partial charge in [-0.3, -0.25) is 4.79 Å². The van der Waals surface area contributed by atoms with Crippen molar-refractivity contribution >= 4 is 15.9 Å². The van der Waals surface area contributed by atoms with Gasteiger partial charge in [0.2, 0.25) is 15.9 Å². The molecule has 1 aromatic carbocycles. The van der Waals surface area contributed by atoms with Gasteiger partial charge in [0.1, 0.15) is 5.75 Å². The lowest BCUT2D eigenvalue weighted by molar-refractivity contribution is -0.130. The third kappa shape index (κ3) is 6.88. The van der Waals surface area contributed by atoms with Crippen LogP contribution in [0.2, 0.25) is 0 Å². The highest BCUT2D eigenvalue weighted by Gasteiger charge is 2.21. The van der Waals surface area contributed by atoms with Gasteiger partial charge in [-0.15, -0.1) is 0 Å². The van der Waals surface area contributed by atoms with Crippen molar-refractivity contribution in [3.8, 4) is 5.75 Å². The lowest BCUT2D eigenvalue weighted by Crippen LogP contribution is -2.42. The molecule has 0 N–H and O–H groups in total. The minimum Gasteiger partial charge on any atom is -0.497 e. The van der Waals surface area contributed by atoms with Crippen LogP contribution in [0.5, 0.6) is 5.75 Å². The Morgan fingerprint density at radius 1 is 1.25 bits per heavy atom. The molecule has 0 aliphatic rings. The molecule has 0 saturated carbocycles. The zero-order valence-corrected chi connectivity index (χ0v) is 15.8. The van der Waals surface area contributed by atoms with Crippen molar-refractivity contribution in [2.75, 3.05) is 40.0 Å². The van der Waals surface area contributed by atoms with Crippen molar-refractivity contribution in [1.82, 2.24) is 9.21 Å². The summed E-state index contributed by atoms with van der Waals surface area (Å²) >= 11 is 0. The summed E-state index contributed by atoms with van der Waals surface area (Å²) in [6.45, 7) is 2.83. The molecule has 0 radical (unpaired) electrons. The van der Waals surface area contributed by atoms with Crippen LogP contribution in [-0.2, 0) is 21.2 Å². The fourth-order valence-electron chi connectivity index (χ4n) is 2.24. The van der Waals surface area contributed by atoms with Gasteiger partial charge in [-0.25, -0.2) is 8.42 Å². The van der Waals surface area contributed by atoms with Gasteiger partial charge >= 0.3 is 0 Å². The Balaban J connectivity index is 2.71. The average Bonchev–Trinajstić information content (AvgIpc) is 2.55. The van der Waals surface area contributed by atoms with Gasteiger partial charge in [0.05, 0.1) is 19.9 Å². The summed E-state index contributed by atoms with van der Waals surface area (Å²) in [6.07, 6.45) is 3.56. The van der Waals surface area contributed by atoms with Crippen LogP contribution in [-0.4, -0.2) is 63.6 Å². The smallest absolute Gasteiger partial charge is 0.237 e. The lowest BCUT2D eigenvalue weighted by atomic mass is 10.1. The van der Waals surface area contributed by atoms with Crippen LogP contribution in [0.1, 0.15) is 25.3 Å². The Hall–Kier alpha value is -1.60. The van der Waals surface area contributed by atoms with Crippen molar-refractivity contribution in [2.24, 2.45) is 0 Å². The summed E-state index contributed by atoms with van der Waals surface area (Å²) in [6, 6.07) is 7.49. The topological polar surface area (TPSA) is 66.9 Å². The molecule has 1 rings (SSSR count). The minimum atomic E-state index is -3.45. The molecule has 0 atom stereocenters. The van der Waals surface area contributed by atoms with Crippen molar-refractivity contribution in [2.45, 2.75) is 26.2 Å². The normalized spacial score (nSPS) is 11.5. The molecule has 0 saturated heterocycles. The molecule has 6 nitrogen and oxygen atoms in total. The van der Waals surface area contributed by atoms with E-state index in [4.69, 9.17) is 4.74 Å². The monoisotopic (exact) mass is 356 g/mol. The molecule has 0 heterocycles. The van der Waals surface area contributed by atoms with E-state index in [2.05, 4.69) is 6.92 Å². The fraction of sp³-hybridized carbons (Fsp3) is 0.588. The number of hydrogen-bond acceptors (Lipinski definition) is 4. The summed E-state index contributed by atoms with van der Waals surface area (Å²) in [5, 5.41) is 0. The number of benzene rings is 1. The highest BCUT2D eigenvalue weighted by molar-refractivity contribution is 7.88. The molecule has 24 heavy (non-hydrogen) atoms. The van der Waals surface area contributed by atoms with E-state index in [1.54, 1.807) is 19.1 Å². The number of likely N-dealkylation sites (N-methyl/N-ethyl adjacent to an activating group) is 1. The number of carbonyl (C=O) groups is 1. The van der Waals surface area contributed by atoms with Crippen LogP contribution in [0.3, 0.4) is 0 Å². The van der Waals surface area contributed by atoms with Crippen molar-refractivity contribution in [1.29, 1.82) is 0 Å². The molecular weight excluding hydrogens is 328 g/mol. The molecule has 1 aromatic rings. The van der Waals surface area contributed by atoms with E-state index in [9.17, 15) is 13.2 Å². The van der Waals surface area contributed by atoms with E-state index in [0.29, 0.717) is 13.0 Å². The second-order valence-electron chi connectivity index (χ2n) is 5.87. The Kier molecular flexibility index (Phi) is 8.21. The Labute approximate surface area is 145 Å². The zero-order chi connectivity index (χ0) is 18.2. The van der Waals surface area contributed by atoms with Gasteiger partial charge in [0.15, 0.2) is 0 Å². The van der Waals surface area contributed by atoms with E-state index >= 15 is 0 Å². The molecule has 0 aliphatic heterocycles. The van der Waals surface area contributed by atoms with E-state index in [-0.39, 0.29) is 19.0 Å². The van der Waals surface area contributed by atoms with Gasteiger partial charge < -0.3 is 9.64 Å². The summed E-state index contributed by atoms with van der Waals surface area (Å²) in [5.41, 5.74) is 0.967. The molecule has 136 valence electrons. The molecule has 0 aliphatic carbocycles. The number of rotatable bonds is 10. The zero-order valence-electron chi connectivity index (χ0n) is 15.0. The SMILES string of the molecule is CCCCN(C)C(=O)CN(CCc1cccc(OC)c1)S(C)(=O)=O. The van der Waals surface area contributed by atoms with Crippen LogP contribution < -0.4 is 4.74 Å². The molecule has 0 spiro atoms. The molecule has 0 aromatic heterocycles. The number of amides is 1. The quantitative estimate of drug-likeness (QED) is 0.641. The third-order valence-electron chi connectivity index (χ3n) is 3.84. The second-order valence-corrected chi connectivity index (χ2v) is 7.85. The number of hydrogen-bond donors (Lipinski definition) is 0. The molecule has 1 amide bonds. The van der Waals surface area contributed by atoms with Crippen LogP contribution in [0, 0.1) is 0 Å². The second kappa shape index (κ2) is 9.64. The number of ether oxygens (including phenoxy) is 1. The van der Waals surface area contributed by atoms with Crippen LogP contribution in [0.15, 0.2) is 24.3 Å². The summed E-state index contributed by atoms with van der Waals surface area (Å²) in [4.78, 5) is 13.8. The first-order valence-electron chi connectivity index (χ1n) is 8.10. The third-order valence-corrected chi connectivity index (χ3v) is 5.09. The first kappa shape index (κ1) is 20.4. The predicted octanol–water partition coefficient (Wildman–Crippen LogP) is 1.76. The van der Waals surface area contributed by atoms with Gasteiger partial charge in [-0.1, -0.05) is 25.5 Å². The van der Waals surface area contributed by atoms with Crippen molar-refractivity contribution < 1.29 is 17.9 Å². The van der Waals surface area contributed by atoms with Gasteiger partial charge in [0, 0.05) is 20.1 Å². The Morgan fingerprint density at radius 3 is 2.54 bits per heavy atom. The van der Waals surface area contributed by atoms with E-state index < -0.39 is 10.0 Å². The molecular formula is C17H28N2O4S. The van der Waals surface area contributed by atoms with E-state index in [1.165, 1.54) is 4.31 Å². The number of carbonyl (C=O) groups excluding carboxylic acids is 1. The van der Waals surface area contributed by atoms with Crippen LogP contribution in [0.4, 0.5) is 0 Å². The van der Waals surface area contributed by atoms with Crippen LogP contribution >= 0.6 is 0 Å². The number of nitrogens with zero attached hydrogens (tertiary/aromatic N) is 2. The van der Waals surface area contributed by atoms with Crippen molar-refractivity contribution in [3.63, 3.8) is 0 Å². The van der Waals surface area contributed by atoms with Gasteiger partial charge in [0.25, 0.3) is 0 Å². The molecule has 0 bridgehead atoms. The average molecular weight is 356 g/mol. The highest BCUT2D eigenvalue weighted by atomic mass is 32.2. The maximum atomic E-state index is 12.2. The van der Waals surface area contributed by atoms with Crippen molar-refractivity contribution in [3.05, 3.63) is 29.8 Å². The summed E-state index contributed by atoms with van der Waals surface area (Å²) < 4.78 is 30.4. The summed E-state index contributed by atoms with van der Waals surface area (Å²) in [7, 11) is -0.146. The summed E-state index contributed by atoms with van der Waals surface area (Å²) in [5.74, 6) is 0.549. The number of methoxy groups -OCH3 is 1. The van der Waals surface area contributed by atoms with Gasteiger partial charge in [-0.05, 0) is 30.5 Å². The largest absolute Gasteiger partial charge is 0.497 e. The van der Waals surface area contributed by atoms with E-state index in [0.717, 1.165) is 30.4 Å². The Bertz CT molecular complexity index is 631. The first-order valence-corrected chi connectivity index (χ1v) is 9.94. The minimum absolute atomic E-state index is 0.122. The molecule has 0 fully saturated rings. The maximum Gasteiger partial charge on any atom is 0.237 e. The molecule has 0 unspecified atom stereocenters. The fourth-order valence-corrected chi connectivity index (χ4v) is 3.00. The predicted molar refractivity (Wildman–Crippen MR) is 95.7 cm³/mol. The van der Waals surface area contributed by atoms with Crippen LogP contribution in [0.25, 0.3) is 0 Å². The molecule has 7 heteroatoms. The number of sulfonamides is 1. The standard InChI is InChI=1S/C17H28N2O4S/c1-5-6-11-18(2)17(20)14-19(24(4,21)22)12-10-15-8-7-9-16(13-15)23-3/h7-9,13H,5-6,10-12,14H2,1-4H3. The maximum absolute atomic E-state index is 12.2. The first-order chi connectivity index (χ1) is 11.3. The lowest BCUT2D eigenvalue weighted by Gasteiger charge is -2.23.